The minimum atomic E-state index is 0.371. The van der Waals surface area contributed by atoms with Gasteiger partial charge in [0.05, 0.1) is 31.3 Å². The van der Waals surface area contributed by atoms with Crippen molar-refractivity contribution in [3.8, 4) is 0 Å². The zero-order valence-corrected chi connectivity index (χ0v) is 22.2. The number of anilines is 3. The highest BCUT2D eigenvalue weighted by molar-refractivity contribution is 5.78. The number of hydrogen-bond donors (Lipinski definition) is 0. The molecule has 3 aromatic rings. The fraction of sp³-hybridized carbons (Fsp3) is 0.152. The summed E-state index contributed by atoms with van der Waals surface area (Å²) in [6.07, 6.45) is 7.17. The molecule has 6 nitrogen and oxygen atoms in total. The lowest BCUT2D eigenvalue weighted by molar-refractivity contribution is 0.232. The van der Waals surface area contributed by atoms with Crippen LogP contribution in [-0.4, -0.2) is 0 Å². The van der Waals surface area contributed by atoms with Crippen LogP contribution in [0.25, 0.3) is 0 Å². The first-order valence-electron chi connectivity index (χ1n) is 12.4. The van der Waals surface area contributed by atoms with Crippen molar-refractivity contribution in [2.45, 2.75) is 33.0 Å². The molecule has 0 fully saturated rings. The van der Waals surface area contributed by atoms with Gasteiger partial charge in [-0.15, -0.1) is 0 Å². The Morgan fingerprint density at radius 2 is 0.718 bits per heavy atom. The van der Waals surface area contributed by atoms with E-state index in [9.17, 15) is 0 Å². The third-order valence-corrected chi connectivity index (χ3v) is 5.62. The Hall–Kier alpha value is -4.84. The van der Waals surface area contributed by atoms with Gasteiger partial charge in [-0.25, -0.2) is 0 Å². The zero-order valence-electron chi connectivity index (χ0n) is 22.2. The standard InChI is InChI=1S/C33H35NO5/c1-6-35-21-26-11-13-31(14-12-26)34(32-17-27(22-36-7-2)15-28(18-32)23-37-8-3)33-19-29(24-38-9-4)16-30(20-33)25-39-10-5/h6-20H,1-5,21-25H2. The van der Waals surface area contributed by atoms with Gasteiger partial charge in [0.15, 0.2) is 0 Å². The first kappa shape index (κ1) is 28.7. The van der Waals surface area contributed by atoms with Crippen LogP contribution in [0.5, 0.6) is 0 Å². The van der Waals surface area contributed by atoms with E-state index in [4.69, 9.17) is 23.7 Å². The number of ether oxygens (including phenoxy) is 5. The van der Waals surface area contributed by atoms with Gasteiger partial charge in [-0.2, -0.15) is 0 Å². The molecule has 6 heteroatoms. The van der Waals surface area contributed by atoms with E-state index in [0.29, 0.717) is 33.0 Å². The monoisotopic (exact) mass is 525 g/mol. The first-order valence-corrected chi connectivity index (χ1v) is 12.4. The molecule has 3 rings (SSSR count). The quantitative estimate of drug-likeness (QED) is 0.155. The summed E-state index contributed by atoms with van der Waals surface area (Å²) in [4.78, 5) is 2.17. The fourth-order valence-electron chi connectivity index (χ4n) is 4.04. The van der Waals surface area contributed by atoms with E-state index in [1.165, 1.54) is 31.3 Å². The lowest BCUT2D eigenvalue weighted by atomic mass is 10.0. The van der Waals surface area contributed by atoms with Crippen LogP contribution in [0.4, 0.5) is 17.1 Å². The molecule has 39 heavy (non-hydrogen) atoms. The van der Waals surface area contributed by atoms with Crippen LogP contribution in [0.15, 0.2) is 125 Å². The summed E-state index contributed by atoms with van der Waals surface area (Å²) in [5.74, 6) is 0. The van der Waals surface area contributed by atoms with Crippen LogP contribution >= 0.6 is 0 Å². The molecule has 0 radical (unpaired) electrons. The average Bonchev–Trinajstić information content (AvgIpc) is 2.96. The molecular weight excluding hydrogens is 490 g/mol. The van der Waals surface area contributed by atoms with Gasteiger partial charge >= 0.3 is 0 Å². The summed E-state index contributed by atoms with van der Waals surface area (Å²) in [6.45, 7) is 20.2. The summed E-state index contributed by atoms with van der Waals surface area (Å²) in [5, 5.41) is 0. The summed E-state index contributed by atoms with van der Waals surface area (Å²) >= 11 is 0. The maximum atomic E-state index is 5.52. The summed E-state index contributed by atoms with van der Waals surface area (Å²) in [5.41, 5.74) is 7.71. The molecule has 0 amide bonds. The Kier molecular flexibility index (Phi) is 11.4. The van der Waals surface area contributed by atoms with Gasteiger partial charge in [-0.1, -0.05) is 45.0 Å². The van der Waals surface area contributed by atoms with Gasteiger partial charge in [-0.05, 0) is 76.3 Å². The third-order valence-electron chi connectivity index (χ3n) is 5.62. The molecule has 3 aromatic carbocycles. The maximum Gasteiger partial charge on any atom is 0.112 e. The second-order valence-electron chi connectivity index (χ2n) is 8.41. The molecule has 0 aromatic heterocycles. The Balaban J connectivity index is 2.19. The lowest BCUT2D eigenvalue weighted by Crippen LogP contribution is -2.12. The molecule has 0 atom stereocenters. The fourth-order valence-corrected chi connectivity index (χ4v) is 4.04. The van der Waals surface area contributed by atoms with Crippen molar-refractivity contribution < 1.29 is 23.7 Å². The van der Waals surface area contributed by atoms with Gasteiger partial charge in [0.25, 0.3) is 0 Å². The Bertz CT molecular complexity index is 1130. The van der Waals surface area contributed by atoms with Crippen molar-refractivity contribution in [3.63, 3.8) is 0 Å². The number of benzene rings is 3. The van der Waals surface area contributed by atoms with Crippen LogP contribution < -0.4 is 4.90 Å². The Morgan fingerprint density at radius 3 is 1.03 bits per heavy atom. The van der Waals surface area contributed by atoms with Crippen molar-refractivity contribution in [2.24, 2.45) is 0 Å². The topological polar surface area (TPSA) is 49.4 Å². The van der Waals surface area contributed by atoms with E-state index in [0.717, 1.165) is 44.9 Å². The molecule has 0 bridgehead atoms. The van der Waals surface area contributed by atoms with Gasteiger partial charge in [0, 0.05) is 17.1 Å². The lowest BCUT2D eigenvalue weighted by Gasteiger charge is -2.28. The largest absolute Gasteiger partial charge is 0.497 e. The van der Waals surface area contributed by atoms with Crippen molar-refractivity contribution >= 4 is 17.1 Å². The highest BCUT2D eigenvalue weighted by Gasteiger charge is 2.17. The summed E-state index contributed by atoms with van der Waals surface area (Å²) in [6, 6.07) is 20.6. The number of nitrogens with zero attached hydrogens (tertiary/aromatic N) is 1. The van der Waals surface area contributed by atoms with Crippen LogP contribution in [-0.2, 0) is 56.7 Å². The molecular formula is C33H35NO5. The second kappa shape index (κ2) is 15.4. The van der Waals surface area contributed by atoms with E-state index in [1.54, 1.807) is 0 Å². The van der Waals surface area contributed by atoms with Gasteiger partial charge in [-0.3, -0.25) is 0 Å². The first-order chi connectivity index (χ1) is 19.1. The number of hydrogen-bond acceptors (Lipinski definition) is 6. The van der Waals surface area contributed by atoms with E-state index in [-0.39, 0.29) is 0 Å². The second-order valence-corrected chi connectivity index (χ2v) is 8.41. The van der Waals surface area contributed by atoms with Gasteiger partial charge in [0.1, 0.15) is 33.0 Å². The van der Waals surface area contributed by atoms with E-state index < -0.39 is 0 Å². The average molecular weight is 526 g/mol. The van der Waals surface area contributed by atoms with E-state index in [1.807, 2.05) is 24.3 Å². The minimum absolute atomic E-state index is 0.371. The molecule has 0 aliphatic carbocycles. The maximum absolute atomic E-state index is 5.52. The molecule has 0 spiro atoms. The van der Waals surface area contributed by atoms with Crippen LogP contribution in [0.3, 0.4) is 0 Å². The number of rotatable bonds is 18. The predicted octanol–water partition coefficient (Wildman–Crippen LogP) is 8.46. The molecule has 0 unspecified atom stereocenters. The Labute approximate surface area is 231 Å². The summed E-state index contributed by atoms with van der Waals surface area (Å²) < 4.78 is 27.4. The van der Waals surface area contributed by atoms with Crippen LogP contribution in [0.1, 0.15) is 27.8 Å². The highest BCUT2D eigenvalue weighted by atomic mass is 16.5. The normalized spacial score (nSPS) is 10.1. The smallest absolute Gasteiger partial charge is 0.112 e. The molecule has 0 saturated carbocycles. The van der Waals surface area contributed by atoms with E-state index >= 15 is 0 Å². The zero-order chi connectivity index (χ0) is 27.9. The van der Waals surface area contributed by atoms with Crippen molar-refractivity contribution in [2.75, 3.05) is 4.90 Å². The van der Waals surface area contributed by atoms with Crippen LogP contribution in [0.2, 0.25) is 0 Å². The van der Waals surface area contributed by atoms with Crippen molar-refractivity contribution in [3.05, 3.63) is 153 Å². The van der Waals surface area contributed by atoms with Gasteiger partial charge in [0.2, 0.25) is 0 Å². The molecule has 0 aliphatic heterocycles. The molecule has 0 heterocycles. The van der Waals surface area contributed by atoms with Crippen molar-refractivity contribution in [1.82, 2.24) is 0 Å². The summed E-state index contributed by atoms with van der Waals surface area (Å²) in [7, 11) is 0. The van der Waals surface area contributed by atoms with E-state index in [2.05, 4.69) is 74.2 Å². The molecule has 0 saturated heterocycles. The third kappa shape index (κ3) is 8.61. The predicted molar refractivity (Wildman–Crippen MR) is 156 cm³/mol. The molecule has 0 aliphatic rings. The molecule has 0 N–H and O–H groups in total. The van der Waals surface area contributed by atoms with Crippen molar-refractivity contribution in [1.29, 1.82) is 0 Å². The van der Waals surface area contributed by atoms with Gasteiger partial charge < -0.3 is 28.6 Å². The molecule has 202 valence electrons. The Morgan fingerprint density at radius 1 is 0.410 bits per heavy atom. The SMILES string of the molecule is C=COCc1ccc(N(c2cc(COC=C)cc(COC=C)c2)c2cc(COC=C)cc(COC=C)c2)cc1. The minimum Gasteiger partial charge on any atom is -0.497 e. The van der Waals surface area contributed by atoms with Crippen LogP contribution in [0, 0.1) is 0 Å². The highest BCUT2D eigenvalue weighted by Crippen LogP contribution is 2.37.